The molecule has 1 aliphatic rings. The van der Waals surface area contributed by atoms with Crippen molar-refractivity contribution in [1.82, 2.24) is 4.90 Å². The molecule has 2 amide bonds. The van der Waals surface area contributed by atoms with Gasteiger partial charge in [-0.05, 0) is 12.1 Å². The van der Waals surface area contributed by atoms with E-state index in [1.807, 2.05) is 0 Å². The number of carbonyl (C=O) groups excluding carboxylic acids is 3. The van der Waals surface area contributed by atoms with E-state index in [0.717, 1.165) is 17.0 Å². The minimum Gasteiger partial charge on any atom is -0.292 e. The highest BCUT2D eigenvalue weighted by atomic mass is 19.1. The van der Waals surface area contributed by atoms with Crippen molar-refractivity contribution in [3.05, 3.63) is 35.4 Å². The first kappa shape index (κ1) is 14.3. The summed E-state index contributed by atoms with van der Waals surface area (Å²) in [6, 6.07) is 2.55. The molecule has 0 spiro atoms. The number of imide groups is 1. The molecule has 106 valence electrons. The van der Waals surface area contributed by atoms with Crippen LogP contribution in [0.15, 0.2) is 18.2 Å². The topological polar surface area (TPSA) is 54.5 Å². The largest absolute Gasteiger partial charge is 0.292 e. The van der Waals surface area contributed by atoms with E-state index in [-0.39, 0.29) is 5.56 Å². The summed E-state index contributed by atoms with van der Waals surface area (Å²) in [6.07, 6.45) is 0. The van der Waals surface area contributed by atoms with Crippen LogP contribution in [-0.2, 0) is 9.59 Å². The molecule has 4 nitrogen and oxygen atoms in total. The van der Waals surface area contributed by atoms with Crippen LogP contribution >= 0.6 is 0 Å². The highest BCUT2D eigenvalue weighted by Crippen LogP contribution is 2.25. The van der Waals surface area contributed by atoms with E-state index in [9.17, 15) is 23.2 Å². The Labute approximate surface area is 114 Å². The van der Waals surface area contributed by atoms with Crippen molar-refractivity contribution in [3.63, 3.8) is 0 Å². The van der Waals surface area contributed by atoms with Gasteiger partial charge >= 0.3 is 0 Å². The Kier molecular flexibility index (Phi) is 3.65. The van der Waals surface area contributed by atoms with Crippen LogP contribution < -0.4 is 0 Å². The van der Waals surface area contributed by atoms with Crippen molar-refractivity contribution >= 4 is 17.6 Å². The van der Waals surface area contributed by atoms with Gasteiger partial charge in [-0.15, -0.1) is 0 Å². The van der Waals surface area contributed by atoms with Crippen LogP contribution in [0.2, 0.25) is 0 Å². The Morgan fingerprint density at radius 3 is 2.20 bits per heavy atom. The van der Waals surface area contributed by atoms with Crippen LogP contribution in [0, 0.1) is 23.5 Å². The number of Topliss-reactive ketones (excluding diaryl/α,β-unsaturated/α-hetero) is 1. The van der Waals surface area contributed by atoms with E-state index in [4.69, 9.17) is 0 Å². The third-order valence-electron chi connectivity index (χ3n) is 3.59. The van der Waals surface area contributed by atoms with Gasteiger partial charge in [0, 0.05) is 17.9 Å². The average molecular weight is 281 g/mol. The first-order valence-electron chi connectivity index (χ1n) is 6.16. The highest BCUT2D eigenvalue weighted by molar-refractivity contribution is 6.09. The summed E-state index contributed by atoms with van der Waals surface area (Å²) >= 11 is 0. The molecule has 0 radical (unpaired) electrons. The Balaban J connectivity index is 2.20. The third-order valence-corrected chi connectivity index (χ3v) is 3.59. The number of hydrogen-bond acceptors (Lipinski definition) is 3. The molecule has 0 bridgehead atoms. The number of halogens is 2. The van der Waals surface area contributed by atoms with E-state index in [1.54, 1.807) is 13.8 Å². The van der Waals surface area contributed by atoms with Gasteiger partial charge in [0.1, 0.15) is 11.6 Å². The quantitative estimate of drug-likeness (QED) is 0.627. The lowest BCUT2D eigenvalue weighted by molar-refractivity contribution is -0.139. The Morgan fingerprint density at radius 1 is 1.15 bits per heavy atom. The Morgan fingerprint density at radius 2 is 1.70 bits per heavy atom. The van der Waals surface area contributed by atoms with Crippen LogP contribution in [0.1, 0.15) is 24.2 Å². The average Bonchev–Trinajstić information content (AvgIpc) is 2.56. The second-order valence-corrected chi connectivity index (χ2v) is 4.89. The SMILES string of the molecule is CC1C(=O)N(CC(=O)c2ccc(F)cc2F)C(=O)C1C. The summed E-state index contributed by atoms with van der Waals surface area (Å²) in [4.78, 5) is 36.4. The molecule has 1 saturated heterocycles. The lowest BCUT2D eigenvalue weighted by Gasteiger charge is -2.13. The van der Waals surface area contributed by atoms with Crippen LogP contribution in [0.5, 0.6) is 0 Å². The smallest absolute Gasteiger partial charge is 0.233 e. The summed E-state index contributed by atoms with van der Waals surface area (Å²) in [5.74, 6) is -4.41. The van der Waals surface area contributed by atoms with Crippen molar-refractivity contribution in [2.45, 2.75) is 13.8 Å². The zero-order valence-corrected chi connectivity index (χ0v) is 11.0. The molecule has 2 rings (SSSR count). The van der Waals surface area contributed by atoms with Gasteiger partial charge in [0.25, 0.3) is 0 Å². The molecule has 1 heterocycles. The normalized spacial score (nSPS) is 22.5. The Hall–Kier alpha value is -2.11. The fourth-order valence-electron chi connectivity index (χ4n) is 2.13. The molecule has 0 N–H and O–H groups in total. The van der Waals surface area contributed by atoms with Crippen molar-refractivity contribution in [2.24, 2.45) is 11.8 Å². The van der Waals surface area contributed by atoms with Crippen molar-refractivity contribution in [3.8, 4) is 0 Å². The first-order valence-corrected chi connectivity index (χ1v) is 6.16. The number of benzene rings is 1. The van der Waals surface area contributed by atoms with Crippen LogP contribution in [0.25, 0.3) is 0 Å². The zero-order valence-electron chi connectivity index (χ0n) is 11.0. The lowest BCUT2D eigenvalue weighted by Crippen LogP contribution is -2.36. The number of nitrogens with zero attached hydrogens (tertiary/aromatic N) is 1. The van der Waals surface area contributed by atoms with E-state index < -0.39 is 47.6 Å². The summed E-state index contributed by atoms with van der Waals surface area (Å²) in [6.45, 7) is 2.69. The van der Waals surface area contributed by atoms with Gasteiger partial charge in [-0.2, -0.15) is 0 Å². The molecule has 1 aromatic carbocycles. The van der Waals surface area contributed by atoms with Gasteiger partial charge in [-0.25, -0.2) is 8.78 Å². The lowest BCUT2D eigenvalue weighted by atomic mass is 10.00. The predicted molar refractivity (Wildman–Crippen MR) is 65.7 cm³/mol. The first-order chi connectivity index (χ1) is 9.32. The van der Waals surface area contributed by atoms with Gasteiger partial charge in [-0.3, -0.25) is 19.3 Å². The molecule has 6 heteroatoms. The number of likely N-dealkylation sites (tertiary alicyclic amines) is 1. The number of rotatable bonds is 3. The minimum atomic E-state index is -1.00. The van der Waals surface area contributed by atoms with Crippen LogP contribution in [-0.4, -0.2) is 29.0 Å². The highest BCUT2D eigenvalue weighted by Gasteiger charge is 2.43. The molecule has 0 aromatic heterocycles. The number of hydrogen-bond donors (Lipinski definition) is 0. The van der Waals surface area contributed by atoms with E-state index in [0.29, 0.717) is 6.07 Å². The van der Waals surface area contributed by atoms with Gasteiger partial charge < -0.3 is 0 Å². The number of carbonyl (C=O) groups is 3. The maximum absolute atomic E-state index is 13.5. The summed E-state index contributed by atoms with van der Waals surface area (Å²) in [5, 5.41) is 0. The fourth-order valence-corrected chi connectivity index (χ4v) is 2.13. The van der Waals surface area contributed by atoms with Crippen LogP contribution in [0.4, 0.5) is 8.78 Å². The molecule has 1 fully saturated rings. The third kappa shape index (κ3) is 2.33. The fraction of sp³-hybridized carbons (Fsp3) is 0.357. The van der Waals surface area contributed by atoms with E-state index in [1.165, 1.54) is 0 Å². The van der Waals surface area contributed by atoms with Gasteiger partial charge in [0.2, 0.25) is 11.8 Å². The minimum absolute atomic E-state index is 0.334. The summed E-state index contributed by atoms with van der Waals surface area (Å²) in [7, 11) is 0. The summed E-state index contributed by atoms with van der Waals surface area (Å²) < 4.78 is 26.2. The molecule has 2 atom stereocenters. The Bertz CT molecular complexity index is 580. The molecule has 1 aliphatic heterocycles. The predicted octanol–water partition coefficient (Wildman–Crippen LogP) is 1.79. The monoisotopic (exact) mass is 281 g/mol. The van der Waals surface area contributed by atoms with E-state index >= 15 is 0 Å². The second kappa shape index (κ2) is 5.11. The van der Waals surface area contributed by atoms with E-state index in [2.05, 4.69) is 0 Å². The molecule has 2 unspecified atom stereocenters. The molecule has 1 aromatic rings. The second-order valence-electron chi connectivity index (χ2n) is 4.89. The van der Waals surface area contributed by atoms with Crippen molar-refractivity contribution < 1.29 is 23.2 Å². The van der Waals surface area contributed by atoms with Gasteiger partial charge in [-0.1, -0.05) is 13.8 Å². The maximum Gasteiger partial charge on any atom is 0.233 e. The summed E-state index contributed by atoms with van der Waals surface area (Å²) in [5.41, 5.74) is -0.334. The zero-order chi connectivity index (χ0) is 15.0. The molecular formula is C14H13F2NO3. The van der Waals surface area contributed by atoms with Crippen molar-refractivity contribution in [2.75, 3.05) is 6.54 Å². The van der Waals surface area contributed by atoms with Gasteiger partial charge in [0.05, 0.1) is 12.1 Å². The standard InChI is InChI=1S/C14H13F2NO3/c1-7-8(2)14(20)17(13(7)19)6-12(18)10-4-3-9(15)5-11(10)16/h3-5,7-8H,6H2,1-2H3. The maximum atomic E-state index is 13.5. The number of ketones is 1. The molecule has 0 aliphatic carbocycles. The van der Waals surface area contributed by atoms with Gasteiger partial charge in [0.15, 0.2) is 5.78 Å². The molecule has 0 saturated carbocycles. The van der Waals surface area contributed by atoms with Crippen molar-refractivity contribution in [1.29, 1.82) is 0 Å². The number of amides is 2. The molecular weight excluding hydrogens is 268 g/mol. The van der Waals surface area contributed by atoms with Crippen LogP contribution in [0.3, 0.4) is 0 Å². The molecule has 20 heavy (non-hydrogen) atoms.